The Morgan fingerprint density at radius 3 is 2.12 bits per heavy atom. The van der Waals surface area contributed by atoms with Crippen LogP contribution in [0.5, 0.6) is 0 Å². The highest BCUT2D eigenvalue weighted by atomic mass is 16.2. The minimum Gasteiger partial charge on any atom is -0.352 e. The van der Waals surface area contributed by atoms with E-state index in [2.05, 4.69) is 5.32 Å². The largest absolute Gasteiger partial charge is 0.352 e. The van der Waals surface area contributed by atoms with Crippen molar-refractivity contribution < 1.29 is 9.59 Å². The molecule has 2 rings (SSSR count). The molecule has 0 heterocycles. The number of nitrogens with zero attached hydrogens (tertiary/aromatic N) is 1. The molecule has 0 aliphatic rings. The van der Waals surface area contributed by atoms with Gasteiger partial charge in [-0.3, -0.25) is 9.59 Å². The predicted molar refractivity (Wildman–Crippen MR) is 95.9 cm³/mol. The van der Waals surface area contributed by atoms with Gasteiger partial charge < -0.3 is 10.2 Å². The Kier molecular flexibility index (Phi) is 6.13. The number of hydrogen-bond donors (Lipinski definition) is 1. The lowest BCUT2D eigenvalue weighted by Gasteiger charge is -2.17. The summed E-state index contributed by atoms with van der Waals surface area (Å²) >= 11 is 0. The second kappa shape index (κ2) is 8.29. The Labute approximate surface area is 143 Å². The third-order valence-electron chi connectivity index (χ3n) is 3.67. The molecule has 0 aromatic heterocycles. The van der Waals surface area contributed by atoms with Crippen molar-refractivity contribution in [1.82, 2.24) is 10.2 Å². The van der Waals surface area contributed by atoms with Gasteiger partial charge in [-0.2, -0.15) is 0 Å². The Hall–Kier alpha value is -2.62. The summed E-state index contributed by atoms with van der Waals surface area (Å²) < 4.78 is 0. The Morgan fingerprint density at radius 1 is 0.958 bits per heavy atom. The molecule has 24 heavy (non-hydrogen) atoms. The maximum atomic E-state index is 12.5. The second-order valence-electron chi connectivity index (χ2n) is 6.33. The van der Waals surface area contributed by atoms with Crippen molar-refractivity contribution in [3.8, 4) is 0 Å². The van der Waals surface area contributed by atoms with Crippen LogP contribution in [-0.4, -0.2) is 30.3 Å². The van der Waals surface area contributed by atoms with Crippen molar-refractivity contribution in [1.29, 1.82) is 0 Å². The van der Waals surface area contributed by atoms with Gasteiger partial charge in [0.25, 0.3) is 11.8 Å². The molecule has 0 aliphatic carbocycles. The molecule has 2 aromatic carbocycles. The van der Waals surface area contributed by atoms with Crippen molar-refractivity contribution in [2.24, 2.45) is 5.92 Å². The molecule has 0 atom stereocenters. The fourth-order valence-corrected chi connectivity index (χ4v) is 2.31. The van der Waals surface area contributed by atoms with Crippen LogP contribution in [0.1, 0.15) is 40.1 Å². The average molecular weight is 324 g/mol. The summed E-state index contributed by atoms with van der Waals surface area (Å²) in [7, 11) is 1.78. The zero-order chi connectivity index (χ0) is 17.5. The molecule has 0 bridgehead atoms. The van der Waals surface area contributed by atoms with Crippen molar-refractivity contribution in [3.05, 3.63) is 71.3 Å². The lowest BCUT2D eigenvalue weighted by molar-refractivity contribution is 0.0784. The molecule has 0 fully saturated rings. The van der Waals surface area contributed by atoms with Crippen LogP contribution in [0.2, 0.25) is 0 Å². The van der Waals surface area contributed by atoms with Crippen LogP contribution >= 0.6 is 0 Å². The summed E-state index contributed by atoms with van der Waals surface area (Å²) in [5.74, 6) is 0.231. The van der Waals surface area contributed by atoms with Crippen LogP contribution in [0.3, 0.4) is 0 Å². The molecule has 126 valence electrons. The first-order valence-corrected chi connectivity index (χ1v) is 8.15. The molecular weight excluding hydrogens is 300 g/mol. The van der Waals surface area contributed by atoms with Gasteiger partial charge in [-0.15, -0.1) is 0 Å². The van der Waals surface area contributed by atoms with Gasteiger partial charge >= 0.3 is 0 Å². The molecule has 0 unspecified atom stereocenters. The van der Waals surface area contributed by atoms with E-state index in [1.165, 1.54) is 0 Å². The van der Waals surface area contributed by atoms with E-state index < -0.39 is 0 Å². The third-order valence-corrected chi connectivity index (χ3v) is 3.67. The zero-order valence-electron chi connectivity index (χ0n) is 14.5. The van der Waals surface area contributed by atoms with E-state index in [1.54, 1.807) is 36.2 Å². The lowest BCUT2D eigenvalue weighted by atomic mass is 10.1. The highest BCUT2D eigenvalue weighted by molar-refractivity contribution is 5.97. The second-order valence-corrected chi connectivity index (χ2v) is 6.33. The summed E-state index contributed by atoms with van der Waals surface area (Å²) in [6.07, 6.45) is 0. The first-order valence-electron chi connectivity index (χ1n) is 8.15. The van der Waals surface area contributed by atoms with Crippen molar-refractivity contribution in [2.45, 2.75) is 20.4 Å². The van der Waals surface area contributed by atoms with E-state index in [1.807, 2.05) is 44.2 Å². The number of nitrogens with one attached hydrogen (secondary N) is 1. The van der Waals surface area contributed by atoms with Gasteiger partial charge in [-0.1, -0.05) is 44.2 Å². The van der Waals surface area contributed by atoms with Gasteiger partial charge in [-0.25, -0.2) is 0 Å². The van der Waals surface area contributed by atoms with Crippen molar-refractivity contribution >= 4 is 11.8 Å². The number of carbonyl (C=O) groups is 2. The smallest absolute Gasteiger partial charge is 0.253 e. The van der Waals surface area contributed by atoms with Gasteiger partial charge in [0.15, 0.2) is 0 Å². The van der Waals surface area contributed by atoms with Gasteiger partial charge in [0.2, 0.25) is 0 Å². The van der Waals surface area contributed by atoms with E-state index in [9.17, 15) is 9.59 Å². The SMILES string of the molecule is CC(C)CNC(=O)c1ccc(C(=O)N(C)Cc2ccccc2)cc1. The number of hydrogen-bond acceptors (Lipinski definition) is 2. The topological polar surface area (TPSA) is 49.4 Å². The Morgan fingerprint density at radius 2 is 1.54 bits per heavy atom. The van der Waals surface area contributed by atoms with Crippen LogP contribution < -0.4 is 5.32 Å². The van der Waals surface area contributed by atoms with Crippen molar-refractivity contribution in [2.75, 3.05) is 13.6 Å². The van der Waals surface area contributed by atoms with Gasteiger partial charge in [0.05, 0.1) is 0 Å². The minimum absolute atomic E-state index is 0.0620. The quantitative estimate of drug-likeness (QED) is 0.886. The highest BCUT2D eigenvalue weighted by Crippen LogP contribution is 2.10. The fraction of sp³-hybridized carbons (Fsp3) is 0.300. The highest BCUT2D eigenvalue weighted by Gasteiger charge is 2.13. The molecular formula is C20H24N2O2. The Bertz CT molecular complexity index is 679. The van der Waals surface area contributed by atoms with E-state index in [4.69, 9.17) is 0 Å². The van der Waals surface area contributed by atoms with Gasteiger partial charge in [0.1, 0.15) is 0 Å². The molecule has 0 saturated heterocycles. The summed E-state index contributed by atoms with van der Waals surface area (Å²) in [5.41, 5.74) is 2.23. The summed E-state index contributed by atoms with van der Waals surface area (Å²) in [5, 5.41) is 2.87. The van der Waals surface area contributed by atoms with Crippen LogP contribution in [-0.2, 0) is 6.54 Å². The Balaban J connectivity index is 1.99. The molecule has 0 spiro atoms. The maximum Gasteiger partial charge on any atom is 0.253 e. The number of amides is 2. The summed E-state index contributed by atoms with van der Waals surface area (Å²) in [4.78, 5) is 26.1. The number of rotatable bonds is 6. The molecule has 0 radical (unpaired) electrons. The molecule has 4 heteroatoms. The average Bonchev–Trinajstić information content (AvgIpc) is 2.60. The molecule has 2 aromatic rings. The first kappa shape index (κ1) is 17.7. The number of carbonyl (C=O) groups excluding carboxylic acids is 2. The van der Waals surface area contributed by atoms with Crippen LogP contribution in [0.25, 0.3) is 0 Å². The van der Waals surface area contributed by atoms with E-state index >= 15 is 0 Å². The van der Waals surface area contributed by atoms with E-state index in [-0.39, 0.29) is 11.8 Å². The molecule has 2 amide bonds. The van der Waals surface area contributed by atoms with E-state index in [0.29, 0.717) is 30.1 Å². The van der Waals surface area contributed by atoms with Crippen molar-refractivity contribution in [3.63, 3.8) is 0 Å². The molecule has 0 saturated carbocycles. The van der Waals surface area contributed by atoms with Gasteiger partial charge in [-0.05, 0) is 35.7 Å². The fourth-order valence-electron chi connectivity index (χ4n) is 2.31. The van der Waals surface area contributed by atoms with Gasteiger partial charge in [0, 0.05) is 31.3 Å². The van der Waals surface area contributed by atoms with Crippen LogP contribution in [0.15, 0.2) is 54.6 Å². The minimum atomic E-state index is -0.111. The molecule has 1 N–H and O–H groups in total. The standard InChI is InChI=1S/C20H24N2O2/c1-15(2)13-21-19(23)17-9-11-18(12-10-17)20(24)22(3)14-16-7-5-4-6-8-16/h4-12,15H,13-14H2,1-3H3,(H,21,23). The predicted octanol–water partition coefficient (Wildman–Crippen LogP) is 3.34. The third kappa shape index (κ3) is 4.95. The molecule has 0 aliphatic heterocycles. The zero-order valence-corrected chi connectivity index (χ0v) is 14.5. The summed E-state index contributed by atoms with van der Waals surface area (Å²) in [6, 6.07) is 16.6. The molecule has 4 nitrogen and oxygen atoms in total. The number of benzene rings is 2. The van der Waals surface area contributed by atoms with E-state index in [0.717, 1.165) is 5.56 Å². The maximum absolute atomic E-state index is 12.5. The van der Waals surface area contributed by atoms with Crippen LogP contribution in [0, 0.1) is 5.92 Å². The van der Waals surface area contributed by atoms with Crippen LogP contribution in [0.4, 0.5) is 0 Å². The monoisotopic (exact) mass is 324 g/mol. The first-order chi connectivity index (χ1) is 11.5. The normalized spacial score (nSPS) is 10.5. The summed E-state index contributed by atoms with van der Waals surface area (Å²) in [6.45, 7) is 5.28. The lowest BCUT2D eigenvalue weighted by Crippen LogP contribution is -2.28.